The molecule has 1 aromatic heterocycles. The van der Waals surface area contributed by atoms with Crippen molar-refractivity contribution in [2.75, 3.05) is 13.6 Å². The largest absolute Gasteiger partial charge is 0.456 e. The third-order valence-corrected chi connectivity index (χ3v) is 10.6. The van der Waals surface area contributed by atoms with Gasteiger partial charge in [-0.05, 0) is 99.4 Å². The summed E-state index contributed by atoms with van der Waals surface area (Å²) in [5, 5.41) is 13.8. The number of fused-ring (bicyclic) bond motifs is 1. The standard InChI is InChI=1S/C39H41N3O6S/c1-7-40-38(44)33-20-31-32(21-41(6)34(22-43)36(31)42(33)49(46,47)23-26-11-9-8-10-12-26)30-19-29(39(4,5)45)15-16-35(30)48-37-24(2)17-28(18-25(37)3)27-13-14-27/h8-12,15-21,27,45H,7,13-14,23H2,1-6H3,(H,40,44). The second-order valence-electron chi connectivity index (χ2n) is 13.4. The number of ether oxygens (including phenoxy) is 1. The number of aryl methyl sites for hydroxylation is 2. The van der Waals surface area contributed by atoms with Crippen molar-refractivity contribution in [2.45, 2.75) is 64.7 Å². The quantitative estimate of drug-likeness (QED) is 0.181. The number of hydrogen-bond acceptors (Lipinski definition) is 7. The summed E-state index contributed by atoms with van der Waals surface area (Å²) >= 11 is 0. The van der Waals surface area contributed by atoms with E-state index in [0.29, 0.717) is 45.2 Å². The van der Waals surface area contributed by atoms with Crippen LogP contribution in [0, 0.1) is 13.8 Å². The number of nitrogens with zero attached hydrogens (tertiary/aromatic N) is 2. The van der Waals surface area contributed by atoms with Gasteiger partial charge in [0.25, 0.3) is 5.91 Å². The monoisotopic (exact) mass is 679 g/mol. The van der Waals surface area contributed by atoms with Crippen molar-refractivity contribution >= 4 is 33.1 Å². The minimum absolute atomic E-state index is 0.0212. The van der Waals surface area contributed by atoms with Gasteiger partial charge >= 0.3 is 0 Å². The van der Waals surface area contributed by atoms with Gasteiger partial charge in [-0.25, -0.2) is 17.2 Å². The molecule has 1 aliphatic carbocycles. The summed E-state index contributed by atoms with van der Waals surface area (Å²) in [6, 6.07) is 19.9. The summed E-state index contributed by atoms with van der Waals surface area (Å²) < 4.78 is 36.2. The lowest BCUT2D eigenvalue weighted by Crippen LogP contribution is -2.30. The first kappa shape index (κ1) is 34.0. The molecule has 2 heterocycles. The van der Waals surface area contributed by atoms with Gasteiger partial charge in [-0.15, -0.1) is 0 Å². The zero-order valence-electron chi connectivity index (χ0n) is 28.6. The second-order valence-corrected chi connectivity index (χ2v) is 15.2. The Morgan fingerprint density at radius 2 is 1.69 bits per heavy atom. The first-order chi connectivity index (χ1) is 23.2. The van der Waals surface area contributed by atoms with Gasteiger partial charge in [0.2, 0.25) is 10.0 Å². The van der Waals surface area contributed by atoms with Crippen LogP contribution in [0.1, 0.15) is 94.7 Å². The highest BCUT2D eigenvalue weighted by Crippen LogP contribution is 2.46. The van der Waals surface area contributed by atoms with Gasteiger partial charge in [-0.3, -0.25) is 4.79 Å². The first-order valence-electron chi connectivity index (χ1n) is 16.4. The smallest absolute Gasteiger partial charge is 0.269 e. The SMILES string of the molecule is CCNC(=O)c1cc2c(n1S(=O)(=O)Cc1ccccc1)C(=C=O)N(C)C=C2c1cc(C(C)(C)O)ccc1Oc1c(C)cc(C2CC2)cc1C. The average Bonchev–Trinajstić information content (AvgIpc) is 3.81. The topological polar surface area (TPSA) is 118 Å². The fourth-order valence-electron chi connectivity index (χ4n) is 6.42. The van der Waals surface area contributed by atoms with Gasteiger partial charge in [-0.2, -0.15) is 0 Å². The molecular weight excluding hydrogens is 639 g/mol. The molecule has 4 aromatic rings. The molecule has 2 aliphatic rings. The molecule has 254 valence electrons. The lowest BCUT2D eigenvalue weighted by atomic mass is 9.89. The van der Waals surface area contributed by atoms with E-state index in [9.17, 15) is 23.1 Å². The van der Waals surface area contributed by atoms with Crippen LogP contribution in [-0.2, 0) is 26.2 Å². The highest BCUT2D eigenvalue weighted by Gasteiger charge is 2.36. The Balaban J connectivity index is 1.58. The highest BCUT2D eigenvalue weighted by atomic mass is 32.2. The molecule has 1 aliphatic heterocycles. The summed E-state index contributed by atoms with van der Waals surface area (Å²) in [6.45, 7) is 9.39. The van der Waals surface area contributed by atoms with Crippen LogP contribution in [0.2, 0.25) is 0 Å². The Hall–Kier alpha value is -4.89. The van der Waals surface area contributed by atoms with Crippen molar-refractivity contribution in [3.8, 4) is 11.5 Å². The molecule has 9 nitrogen and oxygen atoms in total. The summed E-state index contributed by atoms with van der Waals surface area (Å²) in [5.41, 5.74) is 4.38. The minimum Gasteiger partial charge on any atom is -0.456 e. The number of carbonyl (C=O) groups is 1. The maximum absolute atomic E-state index is 14.3. The molecule has 2 N–H and O–H groups in total. The molecule has 6 rings (SSSR count). The lowest BCUT2D eigenvalue weighted by Gasteiger charge is -2.28. The highest BCUT2D eigenvalue weighted by molar-refractivity contribution is 7.89. The van der Waals surface area contributed by atoms with Gasteiger partial charge < -0.3 is 20.1 Å². The maximum Gasteiger partial charge on any atom is 0.269 e. The van der Waals surface area contributed by atoms with Crippen molar-refractivity contribution in [3.63, 3.8) is 0 Å². The summed E-state index contributed by atoms with van der Waals surface area (Å²) in [5.74, 6) is 2.65. The average molecular weight is 680 g/mol. The summed E-state index contributed by atoms with van der Waals surface area (Å²) in [4.78, 5) is 27.6. The van der Waals surface area contributed by atoms with Crippen LogP contribution in [0.4, 0.5) is 0 Å². The van der Waals surface area contributed by atoms with Crippen LogP contribution in [0.3, 0.4) is 0 Å². The predicted molar refractivity (Wildman–Crippen MR) is 190 cm³/mol. The molecule has 1 amide bonds. The summed E-state index contributed by atoms with van der Waals surface area (Å²) in [7, 11) is -2.63. The fourth-order valence-corrected chi connectivity index (χ4v) is 8.06. The molecule has 1 saturated carbocycles. The van der Waals surface area contributed by atoms with Crippen molar-refractivity contribution in [2.24, 2.45) is 0 Å². The molecule has 1 fully saturated rings. The lowest BCUT2D eigenvalue weighted by molar-refractivity contribution is 0.0785. The normalized spacial score (nSPS) is 14.6. The van der Waals surface area contributed by atoms with Crippen molar-refractivity contribution in [3.05, 3.63) is 123 Å². The van der Waals surface area contributed by atoms with E-state index in [2.05, 4.69) is 17.4 Å². The number of aromatic nitrogens is 1. The van der Waals surface area contributed by atoms with Crippen LogP contribution in [0.15, 0.2) is 72.9 Å². The van der Waals surface area contributed by atoms with Gasteiger partial charge in [-0.1, -0.05) is 48.5 Å². The minimum atomic E-state index is -4.25. The zero-order valence-corrected chi connectivity index (χ0v) is 29.4. The number of aliphatic hydroxyl groups is 1. The van der Waals surface area contributed by atoms with E-state index < -0.39 is 27.3 Å². The van der Waals surface area contributed by atoms with Gasteiger partial charge in [0.15, 0.2) is 11.6 Å². The van der Waals surface area contributed by atoms with Gasteiger partial charge in [0.05, 0.1) is 11.4 Å². The number of nitrogens with one attached hydrogen (secondary N) is 1. The van der Waals surface area contributed by atoms with E-state index in [-0.39, 0.29) is 23.6 Å². The Labute approximate surface area is 287 Å². The van der Waals surface area contributed by atoms with E-state index in [1.807, 2.05) is 19.8 Å². The molecule has 0 atom stereocenters. The van der Waals surface area contributed by atoms with Crippen molar-refractivity contribution in [1.29, 1.82) is 0 Å². The molecular formula is C39H41N3O6S. The van der Waals surface area contributed by atoms with Crippen molar-refractivity contribution in [1.82, 2.24) is 14.2 Å². The van der Waals surface area contributed by atoms with Crippen LogP contribution >= 0.6 is 0 Å². The molecule has 10 heteroatoms. The predicted octanol–water partition coefficient (Wildman–Crippen LogP) is 6.64. The Kier molecular flexibility index (Phi) is 8.92. The molecule has 0 spiro atoms. The fraction of sp³-hybridized carbons (Fsp3) is 0.308. The van der Waals surface area contributed by atoms with E-state index in [1.54, 1.807) is 82.5 Å². The van der Waals surface area contributed by atoms with E-state index in [1.165, 1.54) is 29.4 Å². The Morgan fingerprint density at radius 3 is 2.29 bits per heavy atom. The van der Waals surface area contributed by atoms with Gasteiger partial charge in [0.1, 0.15) is 22.9 Å². The van der Waals surface area contributed by atoms with Crippen LogP contribution < -0.4 is 10.1 Å². The van der Waals surface area contributed by atoms with Crippen LogP contribution in [0.25, 0.3) is 11.3 Å². The number of amides is 1. The summed E-state index contributed by atoms with van der Waals surface area (Å²) in [6.07, 6.45) is 4.06. The Bertz CT molecular complexity index is 2130. The molecule has 0 saturated heterocycles. The molecule has 0 unspecified atom stereocenters. The van der Waals surface area contributed by atoms with Crippen molar-refractivity contribution < 1.29 is 27.9 Å². The maximum atomic E-state index is 14.3. The van der Waals surface area contributed by atoms with E-state index in [4.69, 9.17) is 4.74 Å². The van der Waals surface area contributed by atoms with E-state index >= 15 is 0 Å². The van der Waals surface area contributed by atoms with E-state index in [0.717, 1.165) is 15.1 Å². The molecule has 3 aromatic carbocycles. The number of benzene rings is 3. The number of carbonyl (C=O) groups excluding carboxylic acids is 2. The molecule has 0 radical (unpaired) electrons. The third kappa shape index (κ3) is 6.59. The van der Waals surface area contributed by atoms with Crippen LogP contribution in [-0.4, -0.2) is 47.8 Å². The Morgan fingerprint density at radius 1 is 1.02 bits per heavy atom. The molecule has 0 bridgehead atoms. The van der Waals surface area contributed by atoms with Crippen LogP contribution in [0.5, 0.6) is 11.5 Å². The zero-order chi connectivity index (χ0) is 35.2. The second kappa shape index (κ2) is 12.9. The van der Waals surface area contributed by atoms with Gasteiger partial charge in [0, 0.05) is 36.5 Å². The third-order valence-electron chi connectivity index (χ3n) is 9.00. The first-order valence-corrected chi connectivity index (χ1v) is 18.0. The molecule has 49 heavy (non-hydrogen) atoms. The number of rotatable bonds is 10. The number of hydrogen-bond donors (Lipinski definition) is 2.